The molecule has 0 heterocycles. The van der Waals surface area contributed by atoms with E-state index in [2.05, 4.69) is 10.6 Å². The smallest absolute Gasteiger partial charge is 0.296 e. The summed E-state index contributed by atoms with van der Waals surface area (Å²) in [6.07, 6.45) is 0.771. The van der Waals surface area contributed by atoms with Crippen molar-refractivity contribution in [3.05, 3.63) is 64.2 Å². The largest absolute Gasteiger partial charge is 0.493 e. The van der Waals surface area contributed by atoms with Crippen LogP contribution in [0.5, 0.6) is 5.75 Å². The van der Waals surface area contributed by atoms with Gasteiger partial charge < -0.3 is 15.4 Å². The SMILES string of the molecule is CCCOc1ccc(NC(=O)CNC(=O)c2ccccc2)c([N+](=O)[O-])c1. The molecule has 2 aromatic carbocycles. The molecule has 0 spiro atoms. The van der Waals surface area contributed by atoms with E-state index in [0.717, 1.165) is 6.42 Å². The first-order valence-electron chi connectivity index (χ1n) is 8.05. The van der Waals surface area contributed by atoms with Crippen LogP contribution in [0.25, 0.3) is 0 Å². The van der Waals surface area contributed by atoms with E-state index in [4.69, 9.17) is 4.74 Å². The molecular weight excluding hydrogens is 338 g/mol. The second-order valence-corrected chi connectivity index (χ2v) is 5.38. The molecule has 0 radical (unpaired) electrons. The van der Waals surface area contributed by atoms with Crippen molar-refractivity contribution >= 4 is 23.2 Å². The fourth-order valence-corrected chi connectivity index (χ4v) is 2.12. The van der Waals surface area contributed by atoms with Crippen molar-refractivity contribution in [2.75, 3.05) is 18.5 Å². The molecule has 0 saturated carbocycles. The Labute approximate surface area is 150 Å². The Morgan fingerprint density at radius 2 is 1.88 bits per heavy atom. The van der Waals surface area contributed by atoms with Crippen molar-refractivity contribution in [3.8, 4) is 5.75 Å². The van der Waals surface area contributed by atoms with Crippen LogP contribution in [0.1, 0.15) is 23.7 Å². The number of nitro benzene ring substituents is 1. The molecule has 8 heteroatoms. The topological polar surface area (TPSA) is 111 Å². The first-order valence-corrected chi connectivity index (χ1v) is 8.05. The fourth-order valence-electron chi connectivity index (χ4n) is 2.12. The molecule has 2 rings (SSSR count). The Kier molecular flexibility index (Phi) is 6.67. The molecule has 0 bridgehead atoms. The van der Waals surface area contributed by atoms with Crippen molar-refractivity contribution in [1.82, 2.24) is 5.32 Å². The Hall–Kier alpha value is -3.42. The summed E-state index contributed by atoms with van der Waals surface area (Å²) in [6.45, 7) is 2.06. The van der Waals surface area contributed by atoms with Crippen molar-refractivity contribution < 1.29 is 19.2 Å². The summed E-state index contributed by atoms with van der Waals surface area (Å²) in [7, 11) is 0. The van der Waals surface area contributed by atoms with Crippen LogP contribution in [0.4, 0.5) is 11.4 Å². The Bertz CT molecular complexity index is 793. The Balaban J connectivity index is 1.99. The van der Waals surface area contributed by atoms with E-state index in [1.165, 1.54) is 12.1 Å². The number of carbonyl (C=O) groups is 2. The maximum Gasteiger partial charge on any atom is 0.296 e. The molecule has 26 heavy (non-hydrogen) atoms. The lowest BCUT2D eigenvalue weighted by atomic mass is 10.2. The molecule has 0 aliphatic heterocycles. The number of amides is 2. The third-order valence-corrected chi connectivity index (χ3v) is 3.36. The highest BCUT2D eigenvalue weighted by Crippen LogP contribution is 2.29. The molecule has 0 saturated heterocycles. The molecule has 136 valence electrons. The third kappa shape index (κ3) is 5.30. The molecule has 0 unspecified atom stereocenters. The van der Waals surface area contributed by atoms with Gasteiger partial charge in [0.15, 0.2) is 0 Å². The van der Waals surface area contributed by atoms with E-state index in [0.29, 0.717) is 17.9 Å². The predicted octanol–water partition coefficient (Wildman–Crippen LogP) is 2.75. The average Bonchev–Trinajstić information content (AvgIpc) is 2.65. The van der Waals surface area contributed by atoms with Gasteiger partial charge in [-0.25, -0.2) is 0 Å². The molecule has 0 fully saturated rings. The summed E-state index contributed by atoms with van der Waals surface area (Å²) in [5.41, 5.74) is 0.183. The van der Waals surface area contributed by atoms with Gasteiger partial charge in [0.2, 0.25) is 5.91 Å². The maximum absolute atomic E-state index is 12.0. The summed E-state index contributed by atoms with van der Waals surface area (Å²) in [6, 6.07) is 12.6. The zero-order chi connectivity index (χ0) is 18.9. The number of carbonyl (C=O) groups excluding carboxylic acids is 2. The zero-order valence-corrected chi connectivity index (χ0v) is 14.2. The highest BCUT2D eigenvalue weighted by Gasteiger charge is 2.18. The molecular formula is C18H19N3O5. The van der Waals surface area contributed by atoms with Crippen LogP contribution in [0.15, 0.2) is 48.5 Å². The second-order valence-electron chi connectivity index (χ2n) is 5.38. The van der Waals surface area contributed by atoms with E-state index < -0.39 is 16.7 Å². The number of ether oxygens (including phenoxy) is 1. The number of rotatable bonds is 8. The van der Waals surface area contributed by atoms with Gasteiger partial charge in [0.25, 0.3) is 11.6 Å². The number of hydrogen-bond donors (Lipinski definition) is 2. The number of nitrogens with one attached hydrogen (secondary N) is 2. The number of benzene rings is 2. The lowest BCUT2D eigenvalue weighted by Crippen LogP contribution is -2.32. The molecule has 2 aromatic rings. The standard InChI is InChI=1S/C18H19N3O5/c1-2-10-26-14-8-9-15(16(11-14)21(24)25)20-17(22)12-19-18(23)13-6-4-3-5-7-13/h3-9,11H,2,10,12H2,1H3,(H,19,23)(H,20,22). The van der Waals surface area contributed by atoms with Gasteiger partial charge in [0.05, 0.1) is 24.1 Å². The quantitative estimate of drug-likeness (QED) is 0.557. The van der Waals surface area contributed by atoms with Crippen molar-refractivity contribution in [3.63, 3.8) is 0 Å². The number of hydrogen-bond acceptors (Lipinski definition) is 5. The third-order valence-electron chi connectivity index (χ3n) is 3.36. The van der Waals surface area contributed by atoms with Gasteiger partial charge in [-0.1, -0.05) is 25.1 Å². The highest BCUT2D eigenvalue weighted by molar-refractivity contribution is 6.00. The van der Waals surface area contributed by atoms with Crippen LogP contribution in [0.3, 0.4) is 0 Å². The Morgan fingerprint density at radius 1 is 1.15 bits per heavy atom. The summed E-state index contributed by atoms with van der Waals surface area (Å²) in [5.74, 6) is -0.618. The van der Waals surface area contributed by atoms with E-state index >= 15 is 0 Å². The van der Waals surface area contributed by atoms with E-state index in [-0.39, 0.29) is 17.9 Å². The van der Waals surface area contributed by atoms with Crippen molar-refractivity contribution in [1.29, 1.82) is 0 Å². The van der Waals surface area contributed by atoms with Gasteiger partial charge in [-0.15, -0.1) is 0 Å². The molecule has 0 aliphatic carbocycles. The van der Waals surface area contributed by atoms with Crippen LogP contribution in [-0.2, 0) is 4.79 Å². The molecule has 2 amide bonds. The summed E-state index contributed by atoms with van der Waals surface area (Å²) in [5, 5.41) is 16.1. The predicted molar refractivity (Wildman–Crippen MR) is 96.3 cm³/mol. The normalized spacial score (nSPS) is 10.0. The van der Waals surface area contributed by atoms with Gasteiger partial charge >= 0.3 is 0 Å². The molecule has 0 aromatic heterocycles. The first kappa shape index (κ1) is 18.9. The van der Waals surface area contributed by atoms with E-state index in [1.807, 2.05) is 6.92 Å². The van der Waals surface area contributed by atoms with E-state index in [1.54, 1.807) is 36.4 Å². The van der Waals surface area contributed by atoms with Crippen LogP contribution in [-0.4, -0.2) is 29.9 Å². The van der Waals surface area contributed by atoms with Crippen molar-refractivity contribution in [2.24, 2.45) is 0 Å². The van der Waals surface area contributed by atoms with Gasteiger partial charge in [0, 0.05) is 5.56 Å². The summed E-state index contributed by atoms with van der Waals surface area (Å²) < 4.78 is 5.36. The minimum atomic E-state index is -0.600. The van der Waals surface area contributed by atoms with Gasteiger partial charge in [-0.2, -0.15) is 0 Å². The maximum atomic E-state index is 12.0. The summed E-state index contributed by atoms with van der Waals surface area (Å²) in [4.78, 5) is 34.5. The number of nitrogens with zero attached hydrogens (tertiary/aromatic N) is 1. The molecule has 0 aliphatic rings. The second kappa shape index (κ2) is 9.16. The van der Waals surface area contributed by atoms with Crippen LogP contribution >= 0.6 is 0 Å². The summed E-state index contributed by atoms with van der Waals surface area (Å²) >= 11 is 0. The van der Waals surface area contributed by atoms with E-state index in [9.17, 15) is 19.7 Å². The monoisotopic (exact) mass is 357 g/mol. The molecule has 0 atom stereocenters. The minimum Gasteiger partial charge on any atom is -0.493 e. The fraction of sp³-hybridized carbons (Fsp3) is 0.222. The highest BCUT2D eigenvalue weighted by atomic mass is 16.6. The molecule has 8 nitrogen and oxygen atoms in total. The van der Waals surface area contributed by atoms with Gasteiger partial charge in [0.1, 0.15) is 11.4 Å². The van der Waals surface area contributed by atoms with Crippen LogP contribution < -0.4 is 15.4 Å². The first-order chi connectivity index (χ1) is 12.5. The lowest BCUT2D eigenvalue weighted by molar-refractivity contribution is -0.384. The van der Waals surface area contributed by atoms with Gasteiger partial charge in [-0.05, 0) is 30.7 Å². The number of anilines is 1. The molecule has 2 N–H and O–H groups in total. The minimum absolute atomic E-state index is 0.0396. The number of nitro groups is 1. The van der Waals surface area contributed by atoms with Gasteiger partial charge in [-0.3, -0.25) is 19.7 Å². The van der Waals surface area contributed by atoms with Crippen molar-refractivity contribution in [2.45, 2.75) is 13.3 Å². The average molecular weight is 357 g/mol. The van der Waals surface area contributed by atoms with Crippen LogP contribution in [0, 0.1) is 10.1 Å². The van der Waals surface area contributed by atoms with Crippen LogP contribution in [0.2, 0.25) is 0 Å². The Morgan fingerprint density at radius 3 is 2.54 bits per heavy atom. The zero-order valence-electron chi connectivity index (χ0n) is 14.2. The lowest BCUT2D eigenvalue weighted by Gasteiger charge is -2.09.